The van der Waals surface area contributed by atoms with Gasteiger partial charge in [0.25, 0.3) is 0 Å². The second-order valence-corrected chi connectivity index (χ2v) is 4.35. The maximum absolute atomic E-state index is 10.6. The normalized spacial score (nSPS) is 33.7. The minimum absolute atomic E-state index is 0.135. The Morgan fingerprint density at radius 1 is 1.59 bits per heavy atom. The first-order chi connectivity index (χ1) is 7.90. The number of nitrogens with one attached hydrogen (secondary N) is 1. The number of ether oxygens (including phenoxy) is 2. The Hall–Kier alpha value is -0.890. The first-order valence-corrected chi connectivity index (χ1v) is 5.60. The summed E-state index contributed by atoms with van der Waals surface area (Å²) in [6.45, 7) is 3.78. The van der Waals surface area contributed by atoms with Gasteiger partial charge < -0.3 is 30.7 Å². The lowest BCUT2D eigenvalue weighted by molar-refractivity contribution is -0.275. The third-order valence-electron chi connectivity index (χ3n) is 2.41. The van der Waals surface area contributed by atoms with E-state index < -0.39 is 30.6 Å². The highest BCUT2D eigenvalue weighted by molar-refractivity contribution is 5.71. The van der Waals surface area contributed by atoms with Crippen LogP contribution in [-0.2, 0) is 9.47 Å². The van der Waals surface area contributed by atoms with Crippen LogP contribution in [0.2, 0.25) is 0 Å². The number of urea groups is 1. The molecule has 100 valence electrons. The smallest absolute Gasteiger partial charge is 0.312 e. The lowest BCUT2D eigenvalue weighted by atomic mass is 10.0. The molecule has 0 aromatic heterocycles. The van der Waals surface area contributed by atoms with E-state index in [1.54, 1.807) is 13.8 Å². The van der Waals surface area contributed by atoms with Gasteiger partial charge >= 0.3 is 6.03 Å². The van der Waals surface area contributed by atoms with E-state index in [-0.39, 0.29) is 19.1 Å². The molecule has 0 aliphatic carbocycles. The molecule has 5 N–H and O–H groups in total. The monoisotopic (exact) mass is 248 g/mol. The largest absolute Gasteiger partial charge is 0.390 e. The molecule has 7 nitrogen and oxygen atoms in total. The minimum atomic E-state index is -1.08. The molecular weight excluding hydrogens is 228 g/mol. The molecule has 0 saturated carbocycles. The van der Waals surface area contributed by atoms with Crippen molar-refractivity contribution in [3.63, 3.8) is 0 Å². The number of aliphatic hydroxyl groups excluding tert-OH is 2. The number of amides is 2. The Kier molecular flexibility index (Phi) is 5.13. The SMILES string of the molecule is CC(C)O[C@@H]1O[C@H](CNC(N)=O)C[C@@H](O)[C@H]1O. The maximum Gasteiger partial charge on any atom is 0.312 e. The minimum Gasteiger partial charge on any atom is -0.390 e. The lowest BCUT2D eigenvalue weighted by Crippen LogP contribution is -2.53. The van der Waals surface area contributed by atoms with Gasteiger partial charge in [-0.1, -0.05) is 0 Å². The molecule has 1 fully saturated rings. The van der Waals surface area contributed by atoms with Crippen molar-refractivity contribution in [3.05, 3.63) is 0 Å². The van der Waals surface area contributed by atoms with Crippen molar-refractivity contribution in [2.75, 3.05) is 6.54 Å². The van der Waals surface area contributed by atoms with Crippen molar-refractivity contribution < 1.29 is 24.5 Å². The Balaban J connectivity index is 2.50. The molecule has 0 spiro atoms. The molecule has 1 heterocycles. The van der Waals surface area contributed by atoms with Gasteiger partial charge in [-0.2, -0.15) is 0 Å². The van der Waals surface area contributed by atoms with Crippen molar-refractivity contribution >= 4 is 6.03 Å². The summed E-state index contributed by atoms with van der Waals surface area (Å²) in [7, 11) is 0. The quantitative estimate of drug-likeness (QED) is 0.505. The van der Waals surface area contributed by atoms with E-state index in [1.165, 1.54) is 0 Å². The predicted molar refractivity (Wildman–Crippen MR) is 59.1 cm³/mol. The number of aliphatic hydroxyl groups is 2. The fourth-order valence-corrected chi connectivity index (χ4v) is 1.64. The zero-order valence-electron chi connectivity index (χ0n) is 10.00. The van der Waals surface area contributed by atoms with E-state index in [0.29, 0.717) is 0 Å². The molecule has 17 heavy (non-hydrogen) atoms. The third-order valence-corrected chi connectivity index (χ3v) is 2.41. The van der Waals surface area contributed by atoms with Crippen LogP contribution in [0.25, 0.3) is 0 Å². The second kappa shape index (κ2) is 6.15. The van der Waals surface area contributed by atoms with Crippen LogP contribution in [0.15, 0.2) is 0 Å². The van der Waals surface area contributed by atoms with Crippen LogP contribution in [0.5, 0.6) is 0 Å². The number of carbonyl (C=O) groups is 1. The molecular formula is C10H20N2O5. The van der Waals surface area contributed by atoms with E-state index in [9.17, 15) is 15.0 Å². The molecule has 4 atom stereocenters. The van der Waals surface area contributed by atoms with Gasteiger partial charge in [0.2, 0.25) is 0 Å². The molecule has 0 aromatic carbocycles. The van der Waals surface area contributed by atoms with E-state index in [2.05, 4.69) is 5.32 Å². The number of hydrogen-bond donors (Lipinski definition) is 4. The zero-order chi connectivity index (χ0) is 13.0. The summed E-state index contributed by atoms with van der Waals surface area (Å²) in [5.41, 5.74) is 4.94. The standard InChI is InChI=1S/C10H20N2O5/c1-5(2)16-9-8(14)7(13)3-6(17-9)4-12-10(11)15/h5-9,13-14H,3-4H2,1-2H3,(H3,11,12,15)/t6-,7+,8+,9+/m0/s1. The Bertz CT molecular complexity index is 261. The third kappa shape index (κ3) is 4.47. The summed E-state index contributed by atoms with van der Waals surface area (Å²) >= 11 is 0. The van der Waals surface area contributed by atoms with Crippen LogP contribution in [0.4, 0.5) is 4.79 Å². The summed E-state index contributed by atoms with van der Waals surface area (Å²) < 4.78 is 10.8. The Morgan fingerprint density at radius 3 is 2.76 bits per heavy atom. The van der Waals surface area contributed by atoms with Crippen LogP contribution >= 0.6 is 0 Å². The fourth-order valence-electron chi connectivity index (χ4n) is 1.64. The van der Waals surface area contributed by atoms with E-state index in [4.69, 9.17) is 15.2 Å². The number of carbonyl (C=O) groups excluding carboxylic acids is 1. The van der Waals surface area contributed by atoms with Crippen molar-refractivity contribution in [3.8, 4) is 0 Å². The zero-order valence-corrected chi connectivity index (χ0v) is 10.00. The van der Waals surface area contributed by atoms with Crippen molar-refractivity contribution in [1.82, 2.24) is 5.32 Å². The van der Waals surface area contributed by atoms with Crippen LogP contribution in [-0.4, -0.2) is 53.5 Å². The van der Waals surface area contributed by atoms with E-state index in [0.717, 1.165) is 0 Å². The predicted octanol–water partition coefficient (Wildman–Crippen LogP) is -1.08. The first kappa shape index (κ1) is 14.2. The Labute approximate surface area is 99.9 Å². The van der Waals surface area contributed by atoms with Gasteiger partial charge in [-0.3, -0.25) is 0 Å². The van der Waals surface area contributed by atoms with Crippen molar-refractivity contribution in [1.29, 1.82) is 0 Å². The fraction of sp³-hybridized carbons (Fsp3) is 0.900. The maximum atomic E-state index is 10.6. The molecule has 0 aromatic rings. The van der Waals surface area contributed by atoms with Gasteiger partial charge in [-0.15, -0.1) is 0 Å². The topological polar surface area (TPSA) is 114 Å². The lowest BCUT2D eigenvalue weighted by Gasteiger charge is -2.37. The summed E-state index contributed by atoms with van der Waals surface area (Å²) in [5.74, 6) is 0. The van der Waals surface area contributed by atoms with E-state index in [1.807, 2.05) is 0 Å². The van der Waals surface area contributed by atoms with Gasteiger partial charge in [-0.25, -0.2) is 4.79 Å². The number of hydrogen-bond acceptors (Lipinski definition) is 5. The van der Waals surface area contributed by atoms with Gasteiger partial charge in [0.05, 0.1) is 18.3 Å². The number of rotatable bonds is 4. The molecule has 0 unspecified atom stereocenters. The highest BCUT2D eigenvalue weighted by Crippen LogP contribution is 2.21. The van der Waals surface area contributed by atoms with E-state index >= 15 is 0 Å². The molecule has 0 bridgehead atoms. The molecule has 1 aliphatic rings. The summed E-state index contributed by atoms with van der Waals surface area (Å²) in [6.07, 6.45) is -3.25. The average molecular weight is 248 g/mol. The van der Waals surface area contributed by atoms with Crippen LogP contribution in [0.1, 0.15) is 20.3 Å². The van der Waals surface area contributed by atoms with Gasteiger partial charge in [-0.05, 0) is 13.8 Å². The summed E-state index contributed by atoms with van der Waals surface area (Å²) in [4.78, 5) is 10.6. The molecule has 1 saturated heterocycles. The Morgan fingerprint density at radius 2 is 2.24 bits per heavy atom. The van der Waals surface area contributed by atoms with Crippen LogP contribution < -0.4 is 11.1 Å². The summed E-state index contributed by atoms with van der Waals surface area (Å²) in [6, 6.07) is -0.657. The molecule has 2 amide bonds. The molecule has 7 heteroatoms. The van der Waals surface area contributed by atoms with Crippen LogP contribution in [0.3, 0.4) is 0 Å². The molecule has 1 rings (SSSR count). The van der Waals surface area contributed by atoms with Gasteiger partial charge in [0.15, 0.2) is 6.29 Å². The number of primary amides is 1. The van der Waals surface area contributed by atoms with Crippen molar-refractivity contribution in [2.24, 2.45) is 5.73 Å². The highest BCUT2D eigenvalue weighted by atomic mass is 16.7. The van der Waals surface area contributed by atoms with Crippen LogP contribution in [0, 0.1) is 0 Å². The number of nitrogens with two attached hydrogens (primary N) is 1. The van der Waals surface area contributed by atoms with Gasteiger partial charge in [0.1, 0.15) is 6.10 Å². The highest BCUT2D eigenvalue weighted by Gasteiger charge is 2.37. The second-order valence-electron chi connectivity index (χ2n) is 4.35. The average Bonchev–Trinajstić information content (AvgIpc) is 2.21. The van der Waals surface area contributed by atoms with Crippen molar-refractivity contribution in [2.45, 2.75) is 51.0 Å². The summed E-state index contributed by atoms with van der Waals surface area (Å²) in [5, 5.41) is 21.7. The molecule has 1 aliphatic heterocycles. The molecule has 0 radical (unpaired) electrons. The van der Waals surface area contributed by atoms with Gasteiger partial charge in [0, 0.05) is 13.0 Å². The first-order valence-electron chi connectivity index (χ1n) is 5.60.